The van der Waals surface area contributed by atoms with Crippen molar-refractivity contribution in [1.82, 2.24) is 35.0 Å². The van der Waals surface area contributed by atoms with Crippen LogP contribution in [-0.2, 0) is 38.2 Å². The van der Waals surface area contributed by atoms with Crippen LogP contribution in [0.5, 0.6) is 5.88 Å². The van der Waals surface area contributed by atoms with Gasteiger partial charge in [-0.1, -0.05) is 36.4 Å². The number of esters is 1. The first-order valence-electron chi connectivity index (χ1n) is 25.5. The van der Waals surface area contributed by atoms with Crippen LogP contribution in [0.25, 0.3) is 10.9 Å². The standard InChI is InChI=1S/C53H71N9O15/c1-31(2)74-32(3)46(75-52(40(66)29-63)76-47-45(68)41(30-64)77-56-48(47)54-33(4)65)50(70)60-23-25-61(26-24-60)53(72)62-39-27-35(51(71)73-7)13-18-38(39)43(49(62)69)44(34-11-9-8-10-12-34)55-36-14-16-37(17-15-36)58(6)42(67)28-59-21-19-57(5)20-22-59/h8-18,27,31-32,40-41,45-48,52,56,63-64,66,68-69H,19-26,28-30H2,1-7H3,(H,54,65)/t32-,40-,41?,45?,46?,47?,48+,52?/m0/s1. The van der Waals surface area contributed by atoms with E-state index in [-0.39, 0.29) is 55.3 Å². The minimum Gasteiger partial charge on any atom is -0.494 e. The van der Waals surface area contributed by atoms with Crippen LogP contribution in [-0.4, -0.2) is 234 Å². The Kier molecular flexibility index (Phi) is 19.9. The monoisotopic (exact) mass is 1070 g/mol. The van der Waals surface area contributed by atoms with E-state index in [2.05, 4.69) is 27.6 Å². The lowest BCUT2D eigenvalue weighted by Crippen LogP contribution is -2.67. The minimum atomic E-state index is -1.82. The number of carbonyl (C=O) groups is 5. The number of hydrogen-bond donors (Lipinski definition) is 7. The number of anilines is 1. The molecule has 0 aliphatic carbocycles. The number of fused-ring (bicyclic) bond motifs is 1. The molecule has 4 amide bonds. The van der Waals surface area contributed by atoms with Crippen molar-refractivity contribution in [3.8, 4) is 5.88 Å². The molecule has 3 aliphatic rings. The van der Waals surface area contributed by atoms with Gasteiger partial charge in [0.2, 0.25) is 17.7 Å². The third-order valence-electron chi connectivity index (χ3n) is 13.7. The van der Waals surface area contributed by atoms with Crippen LogP contribution in [0.15, 0.2) is 77.8 Å². The number of nitrogens with zero attached hydrogens (tertiary/aromatic N) is 7. The predicted octanol–water partition coefficient (Wildman–Crippen LogP) is 0.607. The van der Waals surface area contributed by atoms with Gasteiger partial charge in [-0.05, 0) is 64.2 Å². The fraction of sp³-hybridized carbons (Fsp3) is 0.509. The summed E-state index contributed by atoms with van der Waals surface area (Å²) in [5.41, 5.74) is 4.99. The summed E-state index contributed by atoms with van der Waals surface area (Å²) in [5.74, 6) is -2.40. The van der Waals surface area contributed by atoms with Crippen molar-refractivity contribution in [3.05, 3.63) is 89.5 Å². The summed E-state index contributed by atoms with van der Waals surface area (Å²) in [7, 11) is 5.01. The Labute approximate surface area is 446 Å². The van der Waals surface area contributed by atoms with Gasteiger partial charge in [0, 0.05) is 83.0 Å². The third-order valence-corrected chi connectivity index (χ3v) is 13.7. The number of hydrogen-bond acceptors (Lipinski definition) is 19. The van der Waals surface area contributed by atoms with E-state index < -0.39 is 98.1 Å². The SMILES string of the molecule is COC(=O)c1ccc2c(C(=Nc3ccc(N(C)C(=O)CN4CCN(C)CC4)cc3)c3ccccc3)c(O)n(C(=O)N3CCN(C(=O)C(OC(OC4C(O)C(CO)ON[C@H]4NC(C)=O)[C@@H](O)CO)[C@H](C)OC(C)C)CC3)c2c1. The van der Waals surface area contributed by atoms with Gasteiger partial charge in [-0.3, -0.25) is 24.1 Å². The van der Waals surface area contributed by atoms with E-state index in [0.717, 1.165) is 30.7 Å². The highest BCUT2D eigenvalue weighted by Gasteiger charge is 2.45. The first-order valence-corrected chi connectivity index (χ1v) is 25.5. The Morgan fingerprint density at radius 2 is 1.55 bits per heavy atom. The van der Waals surface area contributed by atoms with Crippen LogP contribution in [0.3, 0.4) is 0 Å². The molecule has 4 aromatic rings. The Balaban J connectivity index is 1.16. The molecular weight excluding hydrogens is 1000 g/mol. The normalized spacial score (nSPS) is 21.4. The highest BCUT2D eigenvalue weighted by molar-refractivity contribution is 6.23. The number of nitrogens with one attached hydrogen (secondary N) is 2. The van der Waals surface area contributed by atoms with Gasteiger partial charge in [0.25, 0.3) is 5.91 Å². The van der Waals surface area contributed by atoms with E-state index in [1.165, 1.54) is 36.0 Å². The van der Waals surface area contributed by atoms with E-state index in [1.54, 1.807) is 63.1 Å². The van der Waals surface area contributed by atoms with Crippen LogP contribution in [0.1, 0.15) is 49.2 Å². The highest BCUT2D eigenvalue weighted by Crippen LogP contribution is 2.37. The van der Waals surface area contributed by atoms with Gasteiger partial charge in [-0.15, -0.1) is 0 Å². The second kappa shape index (κ2) is 26.3. The lowest BCUT2D eigenvalue weighted by molar-refractivity contribution is -0.297. The van der Waals surface area contributed by atoms with Crippen molar-refractivity contribution in [2.24, 2.45) is 4.99 Å². The van der Waals surface area contributed by atoms with Gasteiger partial charge < -0.3 is 69.4 Å². The maximum absolute atomic E-state index is 14.9. The number of methoxy groups -OCH3 is 1. The molecule has 0 bridgehead atoms. The van der Waals surface area contributed by atoms with Crippen LogP contribution in [0, 0.1) is 0 Å². The first-order chi connectivity index (χ1) is 36.8. The van der Waals surface area contributed by atoms with E-state index in [0.29, 0.717) is 28.0 Å². The number of piperazine rings is 2. The summed E-state index contributed by atoms with van der Waals surface area (Å²) in [5, 5.41) is 57.4. The third kappa shape index (κ3) is 13.8. The zero-order valence-corrected chi connectivity index (χ0v) is 44.4. The van der Waals surface area contributed by atoms with Gasteiger partial charge in [0.1, 0.15) is 30.6 Å². The highest BCUT2D eigenvalue weighted by atomic mass is 16.7. The molecule has 3 fully saturated rings. The van der Waals surface area contributed by atoms with Gasteiger partial charge in [0.15, 0.2) is 12.4 Å². The average molecular weight is 1070 g/mol. The molecule has 0 saturated carbocycles. The molecular formula is C53H71N9O15. The summed E-state index contributed by atoms with van der Waals surface area (Å²) in [6, 6.07) is 20.1. The fourth-order valence-corrected chi connectivity index (χ4v) is 9.38. The number of benzene rings is 3. The largest absolute Gasteiger partial charge is 0.494 e. The van der Waals surface area contributed by atoms with Crippen LogP contribution in [0.2, 0.25) is 0 Å². The summed E-state index contributed by atoms with van der Waals surface area (Å²) < 4.78 is 24.3. The summed E-state index contributed by atoms with van der Waals surface area (Å²) >= 11 is 0. The number of aromatic hydroxyl groups is 1. The second-order valence-corrected chi connectivity index (χ2v) is 19.5. The molecule has 0 spiro atoms. The van der Waals surface area contributed by atoms with E-state index >= 15 is 0 Å². The Morgan fingerprint density at radius 1 is 0.883 bits per heavy atom. The number of likely N-dealkylation sites (N-methyl/N-ethyl adjacent to an activating group) is 2. The number of amides is 4. The molecule has 0 radical (unpaired) electrons. The fourth-order valence-electron chi connectivity index (χ4n) is 9.38. The van der Waals surface area contributed by atoms with E-state index in [1.807, 2.05) is 30.3 Å². The van der Waals surface area contributed by atoms with Crippen molar-refractivity contribution < 1.29 is 73.3 Å². The molecule has 1 aromatic heterocycles. The molecule has 8 atom stereocenters. The predicted molar refractivity (Wildman–Crippen MR) is 280 cm³/mol. The average Bonchev–Trinajstić information content (AvgIpc) is 3.72. The van der Waals surface area contributed by atoms with E-state index in [9.17, 15) is 49.5 Å². The van der Waals surface area contributed by atoms with Crippen LogP contribution in [0.4, 0.5) is 16.2 Å². The molecule has 24 heteroatoms. The van der Waals surface area contributed by atoms with Gasteiger partial charge >= 0.3 is 12.0 Å². The van der Waals surface area contributed by atoms with Gasteiger partial charge in [-0.25, -0.2) is 19.1 Å². The summed E-state index contributed by atoms with van der Waals surface area (Å²) in [6.07, 6.45) is -12.1. The lowest BCUT2D eigenvalue weighted by atomic mass is 10.00. The number of aliphatic hydroxyl groups is 4. The molecule has 7 N–H and O–H groups in total. The maximum atomic E-state index is 14.9. The number of carbonyl (C=O) groups excluding carboxylic acids is 5. The Hall–Kier alpha value is -6.42. The first kappa shape index (κ1) is 58.3. The molecule has 418 valence electrons. The molecule has 7 rings (SSSR count). The number of ether oxygens (including phenoxy) is 4. The lowest BCUT2D eigenvalue weighted by Gasteiger charge is -2.42. The number of hydroxylamine groups is 1. The maximum Gasteiger partial charge on any atom is 0.337 e. The Morgan fingerprint density at radius 3 is 2.16 bits per heavy atom. The van der Waals surface area contributed by atoms with Crippen molar-refractivity contribution in [3.63, 3.8) is 0 Å². The zero-order chi connectivity index (χ0) is 55.7. The molecule has 24 nitrogen and oxygen atoms in total. The minimum absolute atomic E-state index is 0.0537. The summed E-state index contributed by atoms with van der Waals surface area (Å²) in [6.45, 7) is 8.11. The molecule has 3 saturated heterocycles. The van der Waals surface area contributed by atoms with Crippen LogP contribution < -0.4 is 15.7 Å². The molecule has 77 heavy (non-hydrogen) atoms. The second-order valence-electron chi connectivity index (χ2n) is 19.5. The van der Waals surface area contributed by atoms with E-state index in [4.69, 9.17) is 28.8 Å². The molecule has 4 heterocycles. The molecule has 3 aromatic carbocycles. The Bertz CT molecular complexity index is 2710. The topological polar surface area (TPSA) is 290 Å². The van der Waals surface area contributed by atoms with Gasteiger partial charge in [0.05, 0.1) is 67.1 Å². The number of aromatic nitrogens is 1. The van der Waals surface area contributed by atoms with Crippen molar-refractivity contribution in [2.75, 3.05) is 98.2 Å². The van der Waals surface area contributed by atoms with Crippen LogP contribution >= 0.6 is 0 Å². The van der Waals surface area contributed by atoms with Crippen molar-refractivity contribution in [1.29, 1.82) is 0 Å². The smallest absolute Gasteiger partial charge is 0.337 e. The molecule has 3 aliphatic heterocycles. The number of aliphatic hydroxyl groups excluding tert-OH is 4. The zero-order valence-electron chi connectivity index (χ0n) is 44.4. The quantitative estimate of drug-likeness (QED) is 0.0385. The summed E-state index contributed by atoms with van der Waals surface area (Å²) in [4.78, 5) is 87.0. The number of aliphatic imine (C=N–C) groups is 1. The van der Waals surface area contributed by atoms with Gasteiger partial charge in [-0.2, -0.15) is 5.48 Å². The van der Waals surface area contributed by atoms with Crippen molar-refractivity contribution in [2.45, 2.75) is 82.9 Å². The molecule has 5 unspecified atom stereocenters. The van der Waals surface area contributed by atoms with Crippen molar-refractivity contribution >= 4 is 57.7 Å². The number of rotatable bonds is 19.